The molecule has 1 atom stereocenters. The second-order valence-corrected chi connectivity index (χ2v) is 4.35. The SMILES string of the molecule is CCOC(=O)c1cccc(Br)c1S(=O)O. The van der Waals surface area contributed by atoms with Crippen LogP contribution >= 0.6 is 15.9 Å². The van der Waals surface area contributed by atoms with Gasteiger partial charge in [-0.1, -0.05) is 6.07 Å². The number of benzene rings is 1. The summed E-state index contributed by atoms with van der Waals surface area (Å²) < 4.78 is 25.2. The minimum absolute atomic E-state index is 0.0379. The zero-order valence-corrected chi connectivity index (χ0v) is 10.3. The molecule has 6 heteroatoms. The predicted molar refractivity (Wildman–Crippen MR) is 59.1 cm³/mol. The van der Waals surface area contributed by atoms with E-state index >= 15 is 0 Å². The van der Waals surface area contributed by atoms with Crippen molar-refractivity contribution in [1.29, 1.82) is 0 Å². The van der Waals surface area contributed by atoms with E-state index in [4.69, 9.17) is 9.29 Å². The van der Waals surface area contributed by atoms with Crippen LogP contribution in [0.4, 0.5) is 0 Å². The maximum Gasteiger partial charge on any atom is 0.339 e. The molecule has 1 aromatic carbocycles. The topological polar surface area (TPSA) is 63.6 Å². The van der Waals surface area contributed by atoms with E-state index in [1.807, 2.05) is 0 Å². The maximum atomic E-state index is 11.4. The molecule has 0 aliphatic carbocycles. The Hall–Kier alpha value is -0.720. The van der Waals surface area contributed by atoms with E-state index < -0.39 is 17.0 Å². The van der Waals surface area contributed by atoms with Gasteiger partial charge in [-0.05, 0) is 35.0 Å². The normalized spacial score (nSPS) is 12.2. The molecule has 82 valence electrons. The molecule has 0 saturated carbocycles. The lowest BCUT2D eigenvalue weighted by molar-refractivity contribution is 0.0521. The number of ether oxygens (including phenoxy) is 1. The van der Waals surface area contributed by atoms with Gasteiger partial charge in [-0.25, -0.2) is 9.00 Å². The highest BCUT2D eigenvalue weighted by atomic mass is 79.9. The molecule has 0 fully saturated rings. The van der Waals surface area contributed by atoms with E-state index in [-0.39, 0.29) is 17.1 Å². The molecule has 15 heavy (non-hydrogen) atoms. The molecule has 0 aromatic heterocycles. The highest BCUT2D eigenvalue weighted by molar-refractivity contribution is 9.10. The number of hydrogen-bond donors (Lipinski definition) is 1. The first kappa shape index (κ1) is 12.4. The van der Waals surface area contributed by atoms with Crippen LogP contribution in [0.5, 0.6) is 0 Å². The molecule has 0 saturated heterocycles. The minimum Gasteiger partial charge on any atom is -0.462 e. The van der Waals surface area contributed by atoms with Crippen molar-refractivity contribution in [3.05, 3.63) is 28.2 Å². The molecule has 0 aliphatic rings. The molecule has 0 amide bonds. The summed E-state index contributed by atoms with van der Waals surface area (Å²) >= 11 is 0.882. The van der Waals surface area contributed by atoms with Gasteiger partial charge in [0.25, 0.3) is 0 Å². The fourth-order valence-corrected chi connectivity index (χ4v) is 2.41. The summed E-state index contributed by atoms with van der Waals surface area (Å²) in [6.45, 7) is 1.90. The Morgan fingerprint density at radius 2 is 2.27 bits per heavy atom. The fourth-order valence-electron chi connectivity index (χ4n) is 1.06. The standard InChI is InChI=1S/C9H9BrO4S/c1-2-14-9(11)6-4-3-5-7(10)8(6)15(12)13/h3-5H,2H2,1H3,(H,12,13). The van der Waals surface area contributed by atoms with Crippen molar-refractivity contribution in [1.82, 2.24) is 0 Å². The predicted octanol–water partition coefficient (Wildman–Crippen LogP) is 2.21. The van der Waals surface area contributed by atoms with Crippen LogP contribution in [0.25, 0.3) is 0 Å². The number of halogens is 1. The van der Waals surface area contributed by atoms with Crippen LogP contribution < -0.4 is 0 Å². The lowest BCUT2D eigenvalue weighted by Gasteiger charge is -2.06. The zero-order valence-electron chi connectivity index (χ0n) is 7.90. The van der Waals surface area contributed by atoms with E-state index in [2.05, 4.69) is 15.9 Å². The van der Waals surface area contributed by atoms with Gasteiger partial charge in [-0.3, -0.25) is 0 Å². The highest BCUT2D eigenvalue weighted by Gasteiger charge is 2.18. The first-order chi connectivity index (χ1) is 7.07. The lowest BCUT2D eigenvalue weighted by Crippen LogP contribution is -2.09. The van der Waals surface area contributed by atoms with Crippen molar-refractivity contribution in [2.24, 2.45) is 0 Å². The Morgan fingerprint density at radius 1 is 1.60 bits per heavy atom. The van der Waals surface area contributed by atoms with Gasteiger partial charge in [0.2, 0.25) is 0 Å². The van der Waals surface area contributed by atoms with Crippen molar-refractivity contribution >= 4 is 33.0 Å². The van der Waals surface area contributed by atoms with E-state index in [1.165, 1.54) is 6.07 Å². The Bertz CT molecular complexity index is 405. The van der Waals surface area contributed by atoms with Crippen molar-refractivity contribution in [2.75, 3.05) is 6.61 Å². The van der Waals surface area contributed by atoms with Crippen molar-refractivity contribution in [3.63, 3.8) is 0 Å². The maximum absolute atomic E-state index is 11.4. The summed E-state index contributed by atoms with van der Waals surface area (Å²) in [7, 11) is 0. The first-order valence-electron chi connectivity index (χ1n) is 4.14. The second kappa shape index (κ2) is 5.39. The van der Waals surface area contributed by atoms with Gasteiger partial charge in [0.1, 0.15) is 0 Å². The summed E-state index contributed by atoms with van der Waals surface area (Å²) in [5.74, 6) is -0.601. The van der Waals surface area contributed by atoms with E-state index in [0.717, 1.165) is 0 Å². The van der Waals surface area contributed by atoms with Gasteiger partial charge in [0, 0.05) is 4.47 Å². The molecule has 1 rings (SSSR count). The van der Waals surface area contributed by atoms with Gasteiger partial charge in [0.05, 0.1) is 17.1 Å². The van der Waals surface area contributed by atoms with E-state index in [9.17, 15) is 9.00 Å². The molecule has 1 aromatic rings. The molecule has 0 radical (unpaired) electrons. The number of esters is 1. The molecule has 1 N–H and O–H groups in total. The third kappa shape index (κ3) is 2.87. The molecule has 0 spiro atoms. The van der Waals surface area contributed by atoms with E-state index in [1.54, 1.807) is 19.1 Å². The molecule has 0 bridgehead atoms. The minimum atomic E-state index is -2.22. The van der Waals surface area contributed by atoms with Gasteiger partial charge in [0.15, 0.2) is 11.1 Å². The van der Waals surface area contributed by atoms with Crippen LogP contribution in [0.15, 0.2) is 27.6 Å². The van der Waals surface area contributed by atoms with Gasteiger partial charge < -0.3 is 9.29 Å². The van der Waals surface area contributed by atoms with Gasteiger partial charge >= 0.3 is 5.97 Å². The third-order valence-electron chi connectivity index (χ3n) is 1.64. The summed E-state index contributed by atoms with van der Waals surface area (Å²) in [6, 6.07) is 4.64. The van der Waals surface area contributed by atoms with Crippen LogP contribution in [-0.2, 0) is 15.8 Å². The average Bonchev–Trinajstić information content (AvgIpc) is 2.17. The summed E-state index contributed by atoms with van der Waals surface area (Å²) in [4.78, 5) is 11.5. The van der Waals surface area contributed by atoms with Crippen LogP contribution in [0.1, 0.15) is 17.3 Å². The van der Waals surface area contributed by atoms with Gasteiger partial charge in [-0.15, -0.1) is 0 Å². The number of hydrogen-bond acceptors (Lipinski definition) is 3. The quantitative estimate of drug-likeness (QED) is 0.685. The molecular formula is C9H9BrO4S. The van der Waals surface area contributed by atoms with Crippen LogP contribution in [0, 0.1) is 0 Å². The molecule has 0 aliphatic heterocycles. The van der Waals surface area contributed by atoms with E-state index in [0.29, 0.717) is 4.47 Å². The monoisotopic (exact) mass is 292 g/mol. The number of rotatable bonds is 3. The second-order valence-electron chi connectivity index (χ2n) is 2.59. The molecule has 0 heterocycles. The lowest BCUT2D eigenvalue weighted by atomic mass is 10.2. The van der Waals surface area contributed by atoms with Crippen molar-refractivity contribution in [3.8, 4) is 0 Å². The van der Waals surface area contributed by atoms with Crippen molar-refractivity contribution < 1.29 is 18.3 Å². The summed E-state index contributed by atoms with van der Waals surface area (Å²) in [5.41, 5.74) is 0.104. The van der Waals surface area contributed by atoms with Crippen LogP contribution in [-0.4, -0.2) is 21.3 Å². The zero-order chi connectivity index (χ0) is 11.4. The third-order valence-corrected chi connectivity index (χ3v) is 3.35. The highest BCUT2D eigenvalue weighted by Crippen LogP contribution is 2.24. The average molecular weight is 293 g/mol. The molecule has 1 unspecified atom stereocenters. The van der Waals surface area contributed by atoms with Gasteiger partial charge in [-0.2, -0.15) is 0 Å². The van der Waals surface area contributed by atoms with Crippen molar-refractivity contribution in [2.45, 2.75) is 11.8 Å². The Labute approximate surface area is 98.0 Å². The first-order valence-corrected chi connectivity index (χ1v) is 6.04. The summed E-state index contributed by atoms with van der Waals surface area (Å²) in [5, 5.41) is 0. The molecular weight excluding hydrogens is 284 g/mol. The Kier molecular flexibility index (Phi) is 4.44. The fraction of sp³-hybridized carbons (Fsp3) is 0.222. The number of carbonyl (C=O) groups excluding carboxylic acids is 1. The Balaban J connectivity index is 3.23. The van der Waals surface area contributed by atoms with Crippen LogP contribution in [0.2, 0.25) is 0 Å². The number of carbonyl (C=O) groups is 1. The smallest absolute Gasteiger partial charge is 0.339 e. The summed E-state index contributed by atoms with van der Waals surface area (Å²) in [6.07, 6.45) is 0. The molecule has 4 nitrogen and oxygen atoms in total. The van der Waals surface area contributed by atoms with Crippen LogP contribution in [0.3, 0.4) is 0 Å². The Morgan fingerprint density at radius 3 is 2.80 bits per heavy atom. The largest absolute Gasteiger partial charge is 0.462 e.